The Labute approximate surface area is 151 Å². The van der Waals surface area contributed by atoms with Gasteiger partial charge in [-0.25, -0.2) is 9.98 Å². The first kappa shape index (κ1) is 17.6. The summed E-state index contributed by atoms with van der Waals surface area (Å²) in [5.41, 5.74) is 1.04. The fourth-order valence-electron chi connectivity index (χ4n) is 2.89. The van der Waals surface area contributed by atoms with Gasteiger partial charge < -0.3 is 9.47 Å². The number of hydrogen-bond donors (Lipinski definition) is 0. The van der Waals surface area contributed by atoms with E-state index in [0.29, 0.717) is 16.8 Å². The lowest BCUT2D eigenvalue weighted by Gasteiger charge is -2.28. The van der Waals surface area contributed by atoms with E-state index in [-0.39, 0.29) is 5.78 Å². The molecule has 0 saturated carbocycles. The molecule has 2 atom stereocenters. The summed E-state index contributed by atoms with van der Waals surface area (Å²) in [6.07, 6.45) is 0. The quantitative estimate of drug-likeness (QED) is 0.813. The number of Topliss-reactive ketones (excluding diaryl/α,β-unsaturated/α-hetero) is 1. The first-order chi connectivity index (χ1) is 11.8. The summed E-state index contributed by atoms with van der Waals surface area (Å²) in [6, 6.07) is 6.95. The van der Waals surface area contributed by atoms with E-state index in [4.69, 9.17) is 9.47 Å². The van der Waals surface area contributed by atoms with Gasteiger partial charge in [0.05, 0.1) is 12.8 Å². The van der Waals surface area contributed by atoms with Crippen molar-refractivity contribution >= 4 is 23.0 Å². The second-order valence-electron chi connectivity index (χ2n) is 6.62. The van der Waals surface area contributed by atoms with Gasteiger partial charge in [0.1, 0.15) is 5.75 Å². The Kier molecular flexibility index (Phi) is 4.64. The summed E-state index contributed by atoms with van der Waals surface area (Å²) < 4.78 is 11.4. The van der Waals surface area contributed by atoms with Crippen LogP contribution in [0, 0.1) is 0 Å². The molecule has 1 aliphatic rings. The topological polar surface area (TPSA) is 60.8 Å². The second kappa shape index (κ2) is 6.59. The van der Waals surface area contributed by atoms with Gasteiger partial charge in [-0.2, -0.15) is 0 Å². The molecule has 0 saturated heterocycles. The van der Waals surface area contributed by atoms with Crippen molar-refractivity contribution < 1.29 is 14.3 Å². The molecule has 0 N–H and O–H groups in total. The van der Waals surface area contributed by atoms with E-state index in [2.05, 4.69) is 23.8 Å². The molecule has 2 heterocycles. The third-order valence-electron chi connectivity index (χ3n) is 4.42. The van der Waals surface area contributed by atoms with Crippen LogP contribution in [-0.4, -0.2) is 29.8 Å². The van der Waals surface area contributed by atoms with Crippen molar-refractivity contribution in [1.82, 2.24) is 4.98 Å². The van der Waals surface area contributed by atoms with Crippen LogP contribution in [0.5, 0.6) is 5.75 Å². The zero-order valence-corrected chi connectivity index (χ0v) is 15.9. The highest BCUT2D eigenvalue weighted by atomic mass is 32.1. The van der Waals surface area contributed by atoms with Crippen molar-refractivity contribution in [2.75, 3.05) is 7.11 Å². The number of hydrogen-bond acceptors (Lipinski definition) is 6. The minimum Gasteiger partial charge on any atom is -0.497 e. The van der Waals surface area contributed by atoms with E-state index in [1.807, 2.05) is 36.6 Å². The van der Waals surface area contributed by atoms with Crippen LogP contribution < -0.4 is 4.74 Å². The summed E-state index contributed by atoms with van der Waals surface area (Å²) >= 11 is 1.49. The predicted octanol–water partition coefficient (Wildman–Crippen LogP) is 3.92. The predicted molar refractivity (Wildman–Crippen MR) is 98.6 cm³/mol. The lowest BCUT2D eigenvalue weighted by Crippen LogP contribution is -2.38. The van der Waals surface area contributed by atoms with Gasteiger partial charge >= 0.3 is 0 Å². The molecule has 1 aromatic heterocycles. The molecule has 0 radical (unpaired) electrons. The minimum absolute atomic E-state index is 0.0334. The van der Waals surface area contributed by atoms with Gasteiger partial charge in [-0.3, -0.25) is 4.79 Å². The minimum atomic E-state index is -0.850. The van der Waals surface area contributed by atoms with Gasteiger partial charge in [-0.1, -0.05) is 26.0 Å². The van der Waals surface area contributed by atoms with Crippen LogP contribution in [0.1, 0.15) is 49.9 Å². The molecular formula is C19H22N2O3S. The molecule has 2 aromatic rings. The molecule has 0 bridgehead atoms. The highest BCUT2D eigenvalue weighted by Crippen LogP contribution is 2.39. The van der Waals surface area contributed by atoms with E-state index >= 15 is 0 Å². The Balaban J connectivity index is 1.96. The average Bonchev–Trinajstić information content (AvgIpc) is 3.20. The largest absolute Gasteiger partial charge is 0.497 e. The number of methoxy groups -OCH3 is 1. The number of carbonyl (C=O) groups is 1. The lowest BCUT2D eigenvalue weighted by molar-refractivity contribution is -0.121. The number of nitrogens with zero attached hydrogens (tertiary/aromatic N) is 2. The van der Waals surface area contributed by atoms with Crippen LogP contribution >= 0.6 is 11.3 Å². The molecule has 0 fully saturated rings. The van der Waals surface area contributed by atoms with E-state index in [9.17, 15) is 4.79 Å². The number of thiazole rings is 1. The first-order valence-electron chi connectivity index (χ1n) is 8.22. The molecule has 0 amide bonds. The van der Waals surface area contributed by atoms with E-state index in [0.717, 1.165) is 17.0 Å². The molecule has 0 aliphatic carbocycles. The van der Waals surface area contributed by atoms with Gasteiger partial charge in [-0.15, -0.1) is 11.3 Å². The number of benzene rings is 1. The van der Waals surface area contributed by atoms with E-state index in [1.165, 1.54) is 11.3 Å². The maximum Gasteiger partial charge on any atom is 0.247 e. The van der Waals surface area contributed by atoms with E-state index < -0.39 is 11.6 Å². The Morgan fingerprint density at radius 2 is 2.00 bits per heavy atom. The Hall–Kier alpha value is -2.21. The number of aromatic nitrogens is 1. The Morgan fingerprint density at radius 1 is 1.32 bits per heavy atom. The van der Waals surface area contributed by atoms with Crippen LogP contribution in [0.3, 0.4) is 0 Å². The Bertz CT molecular complexity index is 810. The molecule has 2 unspecified atom stereocenters. The number of ether oxygens (including phenoxy) is 2. The molecule has 3 rings (SSSR count). The first-order valence-corrected chi connectivity index (χ1v) is 9.10. The van der Waals surface area contributed by atoms with Crippen molar-refractivity contribution in [2.24, 2.45) is 4.99 Å². The van der Waals surface area contributed by atoms with Crippen LogP contribution in [0.2, 0.25) is 0 Å². The molecule has 1 aliphatic heterocycles. The molecule has 25 heavy (non-hydrogen) atoms. The third-order valence-corrected chi connectivity index (χ3v) is 5.27. The van der Waals surface area contributed by atoms with Crippen LogP contribution in [0.4, 0.5) is 0 Å². The zero-order valence-electron chi connectivity index (χ0n) is 15.1. The van der Waals surface area contributed by atoms with Crippen molar-refractivity contribution in [2.45, 2.75) is 45.3 Å². The summed E-state index contributed by atoms with van der Waals surface area (Å²) in [5, 5.41) is 2.73. The van der Waals surface area contributed by atoms with Crippen LogP contribution in [-0.2, 0) is 15.1 Å². The van der Waals surface area contributed by atoms with Gasteiger partial charge in [0, 0.05) is 5.38 Å². The Morgan fingerprint density at radius 3 is 2.52 bits per heavy atom. The normalized spacial score (nSPS) is 22.6. The zero-order chi connectivity index (χ0) is 18.2. The lowest BCUT2D eigenvalue weighted by atomic mass is 9.87. The van der Waals surface area contributed by atoms with Gasteiger partial charge in [0.2, 0.25) is 5.90 Å². The van der Waals surface area contributed by atoms with Gasteiger partial charge in [0.25, 0.3) is 0 Å². The third kappa shape index (κ3) is 3.18. The monoisotopic (exact) mass is 358 g/mol. The van der Waals surface area contributed by atoms with Gasteiger partial charge in [0.15, 0.2) is 22.4 Å². The fraction of sp³-hybridized carbons (Fsp3) is 0.421. The maximum atomic E-state index is 12.2. The molecule has 132 valence electrons. The molecular weight excluding hydrogens is 336 g/mol. The van der Waals surface area contributed by atoms with Crippen molar-refractivity contribution in [3.63, 3.8) is 0 Å². The highest BCUT2D eigenvalue weighted by molar-refractivity contribution is 7.11. The number of carbonyl (C=O) groups excluding carboxylic acids is 1. The number of rotatable bonds is 5. The van der Waals surface area contributed by atoms with Crippen LogP contribution in [0.15, 0.2) is 34.6 Å². The maximum absolute atomic E-state index is 12.2. The highest BCUT2D eigenvalue weighted by Gasteiger charge is 2.47. The number of ketones is 1. The SMILES string of the molecule is COc1ccc(C2(C)OC(c3nc(C(C)C)cs3)=NC2C(C)=O)cc1. The number of aliphatic imine (C=N–C) groups is 1. The molecule has 6 heteroatoms. The molecule has 5 nitrogen and oxygen atoms in total. The summed E-state index contributed by atoms with van der Waals surface area (Å²) in [4.78, 5) is 21.4. The molecule has 0 spiro atoms. The average molecular weight is 358 g/mol. The van der Waals surface area contributed by atoms with E-state index in [1.54, 1.807) is 14.0 Å². The van der Waals surface area contributed by atoms with Gasteiger partial charge in [-0.05, 0) is 37.5 Å². The van der Waals surface area contributed by atoms with Crippen LogP contribution in [0.25, 0.3) is 0 Å². The summed E-state index contributed by atoms with van der Waals surface area (Å²) in [5.74, 6) is 1.50. The van der Waals surface area contributed by atoms with Crippen molar-refractivity contribution in [3.8, 4) is 5.75 Å². The summed E-state index contributed by atoms with van der Waals surface area (Å²) in [6.45, 7) is 7.63. The van der Waals surface area contributed by atoms with Crippen molar-refractivity contribution in [3.05, 3.63) is 45.9 Å². The second-order valence-corrected chi connectivity index (χ2v) is 7.48. The standard InChI is InChI=1S/C19H22N2O3S/c1-11(2)15-10-25-18(20-15)17-21-16(12(3)22)19(4,24-17)13-6-8-14(23-5)9-7-13/h6-11,16H,1-5H3. The van der Waals surface area contributed by atoms with Crippen molar-refractivity contribution in [1.29, 1.82) is 0 Å². The fourth-order valence-corrected chi connectivity index (χ4v) is 3.80. The summed E-state index contributed by atoms with van der Waals surface area (Å²) in [7, 11) is 1.62. The molecule has 1 aromatic carbocycles. The smallest absolute Gasteiger partial charge is 0.247 e.